The number of imidazole rings is 3. The average Bonchev–Trinajstić information content (AvgIpc) is 3.87. The van der Waals surface area contributed by atoms with Gasteiger partial charge in [-0.25, -0.2) is 0 Å². The van der Waals surface area contributed by atoms with Crippen LogP contribution in [0.4, 0.5) is 0 Å². The van der Waals surface area contributed by atoms with Crippen molar-refractivity contribution < 1.29 is 19.5 Å². The summed E-state index contributed by atoms with van der Waals surface area (Å²) in [4.78, 5) is 29.6. The summed E-state index contributed by atoms with van der Waals surface area (Å²) in [6.45, 7) is 60.4. The Labute approximate surface area is 373 Å². The maximum Gasteiger partial charge on any atom is 3.00 e. The molecular weight excluding hydrogens is 798 g/mol. The fraction of sp³-hybridized carbons (Fsp3) is 0.824. The van der Waals surface area contributed by atoms with E-state index in [1.807, 2.05) is 0 Å². The zero-order chi connectivity index (χ0) is 45.2. The first-order valence-electron chi connectivity index (χ1n) is 22.5. The number of rotatable bonds is 12. The van der Waals surface area contributed by atoms with Gasteiger partial charge in [-0.05, 0) is 87.3 Å². The molecule has 0 N–H and O–H groups in total. The maximum atomic E-state index is 4.93. The molecule has 0 fully saturated rings. The standard InChI is InChI=1S/3C17H31N2.Ru/c3*1-10-16(6,7)12-13(17(8,9)11-2)19-14(18-12)15(3,4)5;/h3*10-11H2,1-9H3;/q3*-1;+3. The summed E-state index contributed by atoms with van der Waals surface area (Å²) in [6, 6.07) is 0. The van der Waals surface area contributed by atoms with Crippen LogP contribution in [0.1, 0.15) is 277 Å². The van der Waals surface area contributed by atoms with E-state index in [-0.39, 0.29) is 68.2 Å². The number of hydrogen-bond donors (Lipinski definition) is 0. The Hall–Kier alpha value is -1.75. The third-order valence-electron chi connectivity index (χ3n) is 13.1. The van der Waals surface area contributed by atoms with E-state index in [0.717, 1.165) is 56.0 Å². The van der Waals surface area contributed by atoms with Crippen molar-refractivity contribution in [3.8, 4) is 0 Å². The largest absolute Gasteiger partial charge is 3.00 e. The van der Waals surface area contributed by atoms with E-state index >= 15 is 0 Å². The Morgan fingerprint density at radius 2 is 0.448 bits per heavy atom. The predicted molar refractivity (Wildman–Crippen MR) is 249 cm³/mol. The Bertz CT molecular complexity index is 1400. The van der Waals surface area contributed by atoms with Crippen molar-refractivity contribution in [1.82, 2.24) is 29.9 Å². The van der Waals surface area contributed by atoms with Crippen molar-refractivity contribution in [2.45, 2.75) is 274 Å². The van der Waals surface area contributed by atoms with Crippen LogP contribution in [0.2, 0.25) is 0 Å². The van der Waals surface area contributed by atoms with Crippen molar-refractivity contribution in [1.29, 1.82) is 0 Å². The van der Waals surface area contributed by atoms with Crippen LogP contribution in [0.3, 0.4) is 0 Å². The second kappa shape index (κ2) is 19.5. The molecule has 0 aliphatic heterocycles. The van der Waals surface area contributed by atoms with E-state index in [4.69, 9.17) is 29.9 Å². The SMILES string of the molecule is CCC(C)(C)c1nc(C(C)(C)C)[n-]c1C(C)(C)CC.CCC(C)(C)c1nc(C(C)(C)C)[n-]c1C(C)(C)CC.CCC(C)(C)c1nc(C(C)(C)C)[n-]c1C(C)(C)CC.[Ru+3]. The van der Waals surface area contributed by atoms with Gasteiger partial charge in [0.2, 0.25) is 0 Å². The third-order valence-corrected chi connectivity index (χ3v) is 13.1. The van der Waals surface area contributed by atoms with Crippen LogP contribution in [0.5, 0.6) is 0 Å². The van der Waals surface area contributed by atoms with E-state index in [2.05, 4.69) is 187 Å². The van der Waals surface area contributed by atoms with Crippen molar-refractivity contribution in [3.63, 3.8) is 0 Å². The summed E-state index contributed by atoms with van der Waals surface area (Å²) in [5.74, 6) is 2.96. The first-order valence-corrected chi connectivity index (χ1v) is 22.5. The third kappa shape index (κ3) is 13.6. The van der Waals surface area contributed by atoms with Crippen LogP contribution in [0, 0.1) is 0 Å². The topological polar surface area (TPSA) is 81.0 Å². The summed E-state index contributed by atoms with van der Waals surface area (Å²) >= 11 is 0. The van der Waals surface area contributed by atoms with Crippen molar-refractivity contribution >= 4 is 0 Å². The minimum atomic E-state index is 0. The van der Waals surface area contributed by atoms with Crippen molar-refractivity contribution in [2.24, 2.45) is 0 Å². The van der Waals surface area contributed by atoms with Crippen LogP contribution < -0.4 is 15.0 Å². The molecule has 7 heteroatoms. The van der Waals surface area contributed by atoms with Crippen molar-refractivity contribution in [2.75, 3.05) is 0 Å². The van der Waals surface area contributed by atoms with Gasteiger partial charge in [-0.2, -0.15) is 0 Å². The summed E-state index contributed by atoms with van der Waals surface area (Å²) in [7, 11) is 0. The Morgan fingerprint density at radius 3 is 0.569 bits per heavy atom. The van der Waals surface area contributed by atoms with Crippen LogP contribution in [0.15, 0.2) is 0 Å². The summed E-state index contributed by atoms with van der Waals surface area (Å²) < 4.78 is 0. The molecule has 0 saturated heterocycles. The van der Waals surface area contributed by atoms with Gasteiger partial charge < -0.3 is 29.9 Å². The monoisotopic (exact) mass is 892 g/mol. The Balaban J connectivity index is 0.000000833. The van der Waals surface area contributed by atoms with Gasteiger partial charge in [0.05, 0.1) is 0 Å². The van der Waals surface area contributed by atoms with Gasteiger partial charge in [-0.15, -0.1) is 0 Å². The van der Waals surface area contributed by atoms with Crippen molar-refractivity contribution in [3.05, 3.63) is 51.6 Å². The van der Waals surface area contributed by atoms with E-state index < -0.39 is 0 Å². The minimum Gasteiger partial charge on any atom is -0.442 e. The maximum absolute atomic E-state index is 4.93. The molecule has 6 nitrogen and oxygen atoms in total. The quantitative estimate of drug-likeness (QED) is 0.169. The van der Waals surface area contributed by atoms with Crippen LogP contribution in [-0.2, 0) is 68.2 Å². The van der Waals surface area contributed by atoms with E-state index in [0.29, 0.717) is 0 Å². The summed E-state index contributed by atoms with van der Waals surface area (Å²) in [6.07, 6.45) is 6.51. The van der Waals surface area contributed by atoms with Gasteiger partial charge in [0.25, 0.3) is 0 Å². The van der Waals surface area contributed by atoms with Gasteiger partial charge in [0.15, 0.2) is 0 Å². The molecule has 1 radical (unpaired) electrons. The number of aromatic nitrogens is 6. The molecule has 0 aromatic carbocycles. The van der Waals surface area contributed by atoms with Crippen LogP contribution >= 0.6 is 0 Å². The molecule has 0 unspecified atom stereocenters. The fourth-order valence-electron chi connectivity index (χ4n) is 5.87. The van der Waals surface area contributed by atoms with E-state index in [1.165, 1.54) is 34.2 Å². The van der Waals surface area contributed by atoms with Gasteiger partial charge >= 0.3 is 19.5 Å². The first-order chi connectivity index (χ1) is 25.4. The second-order valence-electron chi connectivity index (χ2n) is 23.9. The molecule has 3 aromatic heterocycles. The molecule has 0 amide bonds. The van der Waals surface area contributed by atoms with Gasteiger partial charge in [-0.3, -0.25) is 0 Å². The zero-order valence-corrected chi connectivity index (χ0v) is 45.0. The summed E-state index contributed by atoms with van der Waals surface area (Å²) in [5.41, 5.74) is 7.82. The number of hydrogen-bond acceptors (Lipinski definition) is 3. The molecule has 0 aliphatic rings. The Kier molecular flexibility index (Phi) is 18.9. The van der Waals surface area contributed by atoms with E-state index in [9.17, 15) is 0 Å². The fourth-order valence-corrected chi connectivity index (χ4v) is 5.87. The van der Waals surface area contributed by atoms with Gasteiger partial charge in [-0.1, -0.05) is 239 Å². The van der Waals surface area contributed by atoms with Gasteiger partial charge in [0, 0.05) is 0 Å². The molecule has 3 aromatic rings. The molecule has 0 atom stereocenters. The zero-order valence-electron chi connectivity index (χ0n) is 43.3. The molecule has 0 aliphatic carbocycles. The Morgan fingerprint density at radius 1 is 0.293 bits per heavy atom. The molecule has 0 spiro atoms. The number of nitrogens with zero attached hydrogens (tertiary/aromatic N) is 6. The normalized spacial score (nSPS) is 13.7. The first kappa shape index (κ1) is 56.3. The molecule has 0 bridgehead atoms. The second-order valence-corrected chi connectivity index (χ2v) is 23.9. The van der Waals surface area contributed by atoms with Crippen LogP contribution in [-0.4, -0.2) is 15.0 Å². The molecule has 335 valence electrons. The molecule has 3 heterocycles. The predicted octanol–water partition coefficient (Wildman–Crippen LogP) is 14.1. The minimum absolute atomic E-state index is 0. The summed E-state index contributed by atoms with van der Waals surface area (Å²) in [5, 5.41) is 0. The van der Waals surface area contributed by atoms with Gasteiger partial charge in [0.1, 0.15) is 0 Å². The molecular formula is C51H93N6Ru. The molecule has 3 rings (SSSR count). The average molecular weight is 891 g/mol. The molecule has 0 saturated carbocycles. The van der Waals surface area contributed by atoms with Crippen LogP contribution in [0.25, 0.3) is 0 Å². The van der Waals surface area contributed by atoms with E-state index in [1.54, 1.807) is 0 Å². The molecule has 58 heavy (non-hydrogen) atoms. The smallest absolute Gasteiger partial charge is 0.442 e.